The van der Waals surface area contributed by atoms with E-state index in [1.165, 1.54) is 35.6 Å². The number of hydrogen-bond acceptors (Lipinski definition) is 4. The molecule has 0 bridgehead atoms. The number of rotatable bonds is 4. The fourth-order valence-corrected chi connectivity index (χ4v) is 4.46. The van der Waals surface area contributed by atoms with E-state index >= 15 is 0 Å². The van der Waals surface area contributed by atoms with Crippen LogP contribution in [0.3, 0.4) is 0 Å². The van der Waals surface area contributed by atoms with Crippen LogP contribution in [0.1, 0.15) is 10.4 Å². The molecular formula is C13H9Br2NO4S. The van der Waals surface area contributed by atoms with E-state index in [1.807, 2.05) is 0 Å². The van der Waals surface area contributed by atoms with Crippen LogP contribution in [0.5, 0.6) is 5.75 Å². The van der Waals surface area contributed by atoms with Gasteiger partial charge in [0.25, 0.3) is 5.91 Å². The normalized spacial score (nSPS) is 10.4. The molecule has 0 spiro atoms. The smallest absolute Gasteiger partial charge is 0.323 e. The molecule has 0 saturated carbocycles. The summed E-state index contributed by atoms with van der Waals surface area (Å²) >= 11 is 7.91. The summed E-state index contributed by atoms with van der Waals surface area (Å²) in [6, 6.07) is 7.41. The highest BCUT2D eigenvalue weighted by Gasteiger charge is 2.23. The van der Waals surface area contributed by atoms with Crippen molar-refractivity contribution >= 4 is 60.8 Å². The molecule has 0 atom stereocenters. The molecule has 0 unspecified atom stereocenters. The second kappa shape index (κ2) is 6.59. The van der Waals surface area contributed by atoms with E-state index < -0.39 is 18.4 Å². The molecule has 1 heterocycles. The Balaban J connectivity index is 2.40. The van der Waals surface area contributed by atoms with Gasteiger partial charge in [-0.2, -0.15) is 0 Å². The number of halogens is 2. The van der Waals surface area contributed by atoms with Gasteiger partial charge in [0.15, 0.2) is 0 Å². The van der Waals surface area contributed by atoms with Gasteiger partial charge in [-0.25, -0.2) is 0 Å². The molecule has 1 amide bonds. The molecule has 1 aromatic heterocycles. The van der Waals surface area contributed by atoms with Gasteiger partial charge in [-0.15, -0.1) is 11.3 Å². The second-order valence-electron chi connectivity index (χ2n) is 4.04. The van der Waals surface area contributed by atoms with Gasteiger partial charge in [0.05, 0.1) is 13.1 Å². The predicted molar refractivity (Wildman–Crippen MR) is 87.1 cm³/mol. The van der Waals surface area contributed by atoms with E-state index in [-0.39, 0.29) is 5.75 Å². The SMILES string of the molecule is O=C(O)CN(C(=O)c1cc(Br)sc1Br)c1ccc(O)cc1. The first-order valence-corrected chi connectivity index (χ1v) is 8.06. The molecule has 21 heavy (non-hydrogen) atoms. The van der Waals surface area contributed by atoms with Crippen LogP contribution >= 0.6 is 43.2 Å². The lowest BCUT2D eigenvalue weighted by Gasteiger charge is -2.20. The third-order valence-electron chi connectivity index (χ3n) is 2.59. The number of nitrogens with zero attached hydrogens (tertiary/aromatic N) is 1. The Morgan fingerprint density at radius 1 is 1.19 bits per heavy atom. The maximum absolute atomic E-state index is 12.6. The fraction of sp³-hybridized carbons (Fsp3) is 0.0769. The Morgan fingerprint density at radius 3 is 2.29 bits per heavy atom. The van der Waals surface area contributed by atoms with Gasteiger partial charge < -0.3 is 10.2 Å². The van der Waals surface area contributed by atoms with Gasteiger partial charge in [-0.3, -0.25) is 14.5 Å². The van der Waals surface area contributed by atoms with E-state index in [1.54, 1.807) is 6.07 Å². The molecule has 1 aromatic carbocycles. The number of carbonyl (C=O) groups excluding carboxylic acids is 1. The Hall–Kier alpha value is -1.38. The Morgan fingerprint density at radius 2 is 1.81 bits per heavy atom. The highest BCUT2D eigenvalue weighted by Crippen LogP contribution is 2.33. The van der Waals surface area contributed by atoms with Gasteiger partial charge in [0, 0.05) is 5.69 Å². The maximum atomic E-state index is 12.6. The van der Waals surface area contributed by atoms with Crippen molar-refractivity contribution in [1.82, 2.24) is 0 Å². The summed E-state index contributed by atoms with van der Waals surface area (Å²) in [5, 5.41) is 18.3. The molecule has 0 aliphatic heterocycles. The van der Waals surface area contributed by atoms with Crippen molar-refractivity contribution in [2.75, 3.05) is 11.4 Å². The number of benzene rings is 1. The van der Waals surface area contributed by atoms with Crippen LogP contribution in [-0.4, -0.2) is 28.6 Å². The quantitative estimate of drug-likeness (QED) is 0.768. The Bertz CT molecular complexity index is 684. The molecule has 2 aromatic rings. The molecule has 0 saturated heterocycles. The zero-order valence-electron chi connectivity index (χ0n) is 10.4. The molecule has 2 rings (SSSR count). The number of carbonyl (C=O) groups is 2. The first kappa shape index (κ1) is 16.0. The summed E-state index contributed by atoms with van der Waals surface area (Å²) in [6.07, 6.45) is 0. The molecule has 5 nitrogen and oxygen atoms in total. The lowest BCUT2D eigenvalue weighted by molar-refractivity contribution is -0.135. The van der Waals surface area contributed by atoms with E-state index in [4.69, 9.17) is 5.11 Å². The lowest BCUT2D eigenvalue weighted by atomic mass is 10.2. The van der Waals surface area contributed by atoms with Gasteiger partial charge in [-0.1, -0.05) is 0 Å². The third-order valence-corrected chi connectivity index (χ3v) is 4.93. The summed E-state index contributed by atoms with van der Waals surface area (Å²) in [7, 11) is 0. The zero-order chi connectivity index (χ0) is 15.6. The predicted octanol–water partition coefficient (Wildman–Crippen LogP) is 3.71. The van der Waals surface area contributed by atoms with Crippen molar-refractivity contribution in [1.29, 1.82) is 0 Å². The molecule has 8 heteroatoms. The van der Waals surface area contributed by atoms with Gasteiger partial charge in [-0.05, 0) is 62.2 Å². The van der Waals surface area contributed by atoms with E-state index in [2.05, 4.69) is 31.9 Å². The number of thiophene rings is 1. The highest BCUT2D eigenvalue weighted by molar-refractivity contribution is 9.12. The molecule has 0 fully saturated rings. The van der Waals surface area contributed by atoms with Crippen molar-refractivity contribution in [3.05, 3.63) is 43.5 Å². The summed E-state index contributed by atoms with van der Waals surface area (Å²) < 4.78 is 1.38. The number of aliphatic carboxylic acids is 1. The minimum Gasteiger partial charge on any atom is -0.508 e. The maximum Gasteiger partial charge on any atom is 0.323 e. The van der Waals surface area contributed by atoms with Gasteiger partial charge in [0.1, 0.15) is 12.3 Å². The number of amides is 1. The van der Waals surface area contributed by atoms with E-state index in [0.29, 0.717) is 15.0 Å². The van der Waals surface area contributed by atoms with Crippen LogP contribution < -0.4 is 4.90 Å². The number of phenols is 1. The minimum absolute atomic E-state index is 0.0425. The van der Waals surface area contributed by atoms with Crippen LogP contribution in [0.15, 0.2) is 37.9 Å². The standard InChI is InChI=1S/C13H9Br2NO4S/c14-10-5-9(12(15)21-10)13(20)16(6-11(18)19)7-1-3-8(17)4-2-7/h1-5,17H,6H2,(H,18,19). The summed E-state index contributed by atoms with van der Waals surface area (Å²) in [4.78, 5) is 24.7. The van der Waals surface area contributed by atoms with Crippen molar-refractivity contribution in [3.63, 3.8) is 0 Å². The number of carboxylic acids is 1. The van der Waals surface area contributed by atoms with Crippen LogP contribution in [0.2, 0.25) is 0 Å². The van der Waals surface area contributed by atoms with Gasteiger partial charge in [0.2, 0.25) is 0 Å². The average molecular weight is 435 g/mol. The summed E-state index contributed by atoms with van der Waals surface area (Å²) in [6.45, 7) is -0.469. The lowest BCUT2D eigenvalue weighted by Crippen LogP contribution is -2.35. The molecule has 0 radical (unpaired) electrons. The summed E-state index contributed by atoms with van der Waals surface area (Å²) in [5.41, 5.74) is 0.774. The van der Waals surface area contributed by atoms with Gasteiger partial charge >= 0.3 is 5.97 Å². The van der Waals surface area contributed by atoms with Crippen LogP contribution in [0, 0.1) is 0 Å². The summed E-state index contributed by atoms with van der Waals surface area (Å²) in [5.74, 6) is -1.51. The van der Waals surface area contributed by atoms with Crippen molar-refractivity contribution in [3.8, 4) is 5.75 Å². The number of hydrogen-bond donors (Lipinski definition) is 2. The minimum atomic E-state index is -1.12. The fourth-order valence-electron chi connectivity index (χ4n) is 1.68. The van der Waals surface area contributed by atoms with Crippen molar-refractivity contribution in [2.45, 2.75) is 0 Å². The molecular weight excluding hydrogens is 426 g/mol. The third kappa shape index (κ3) is 3.84. The first-order chi connectivity index (χ1) is 9.88. The van der Waals surface area contributed by atoms with E-state index in [9.17, 15) is 14.7 Å². The monoisotopic (exact) mass is 433 g/mol. The van der Waals surface area contributed by atoms with Crippen molar-refractivity contribution < 1.29 is 19.8 Å². The van der Waals surface area contributed by atoms with Crippen molar-refractivity contribution in [2.24, 2.45) is 0 Å². The number of phenolic OH excluding ortho intramolecular Hbond substituents is 1. The number of aromatic hydroxyl groups is 1. The average Bonchev–Trinajstić information content (AvgIpc) is 2.75. The topological polar surface area (TPSA) is 77.8 Å². The highest BCUT2D eigenvalue weighted by atomic mass is 79.9. The molecule has 0 aliphatic carbocycles. The van der Waals surface area contributed by atoms with Crippen LogP contribution in [0.4, 0.5) is 5.69 Å². The second-order valence-corrected chi connectivity index (χ2v) is 7.79. The molecule has 0 aliphatic rings. The Kier molecular flexibility index (Phi) is 5.02. The zero-order valence-corrected chi connectivity index (χ0v) is 14.4. The number of anilines is 1. The molecule has 2 N–H and O–H groups in total. The first-order valence-electron chi connectivity index (χ1n) is 5.66. The van der Waals surface area contributed by atoms with E-state index in [0.717, 1.165) is 8.69 Å². The van der Waals surface area contributed by atoms with Crippen LogP contribution in [0.25, 0.3) is 0 Å². The Labute approximate surface area is 141 Å². The number of carboxylic acid groups (broad SMARTS) is 1. The van der Waals surface area contributed by atoms with Crippen LogP contribution in [-0.2, 0) is 4.79 Å². The molecule has 110 valence electrons. The largest absolute Gasteiger partial charge is 0.508 e.